The minimum Gasteiger partial charge on any atom is -0.396 e. The molecule has 0 aliphatic carbocycles. The molecule has 0 saturated carbocycles. The van der Waals surface area contributed by atoms with Crippen molar-refractivity contribution in [3.63, 3.8) is 0 Å². The third-order valence-electron chi connectivity index (χ3n) is 3.63. The topological polar surface area (TPSA) is 63.0 Å². The van der Waals surface area contributed by atoms with Gasteiger partial charge in [0.05, 0.1) is 12.2 Å². The maximum absolute atomic E-state index is 8.99. The second kappa shape index (κ2) is 5.01. The van der Waals surface area contributed by atoms with Gasteiger partial charge in [-0.25, -0.2) is 4.98 Å². The Hall–Kier alpha value is -1.88. The lowest BCUT2D eigenvalue weighted by molar-refractivity contribution is 0.257. The molecule has 2 aromatic rings. The van der Waals surface area contributed by atoms with Crippen molar-refractivity contribution in [2.24, 2.45) is 0 Å². The molecule has 3 rings (SSSR count). The Kier molecular flexibility index (Phi) is 3.21. The first kappa shape index (κ1) is 12.2. The van der Waals surface area contributed by atoms with Crippen LogP contribution in [-0.4, -0.2) is 33.0 Å². The molecule has 0 fully saturated rings. The Balaban J connectivity index is 1.93. The van der Waals surface area contributed by atoms with Gasteiger partial charge >= 0.3 is 0 Å². The minimum atomic E-state index is 0.185. The standard InChI is InChI=1S/C14H18N4O/c1-10(4-7-19)18-9-11(8-17-18)12-2-5-15-14-13(12)3-6-16-14/h2,5,8-10,19H,3-4,6-7H2,1H3,(H,15,16). The summed E-state index contributed by atoms with van der Waals surface area (Å²) in [4.78, 5) is 4.35. The maximum Gasteiger partial charge on any atom is 0.129 e. The van der Waals surface area contributed by atoms with Crippen molar-refractivity contribution in [2.45, 2.75) is 25.8 Å². The van der Waals surface area contributed by atoms with Crippen LogP contribution in [0.1, 0.15) is 24.9 Å². The van der Waals surface area contributed by atoms with Crippen LogP contribution in [0.2, 0.25) is 0 Å². The number of hydrogen-bond donors (Lipinski definition) is 2. The normalized spacial score (nSPS) is 15.1. The molecule has 3 heterocycles. The molecule has 0 amide bonds. The highest BCUT2D eigenvalue weighted by atomic mass is 16.3. The van der Waals surface area contributed by atoms with Crippen LogP contribution >= 0.6 is 0 Å². The quantitative estimate of drug-likeness (QED) is 0.878. The van der Waals surface area contributed by atoms with Gasteiger partial charge in [-0.15, -0.1) is 0 Å². The van der Waals surface area contributed by atoms with Gasteiger partial charge in [-0.1, -0.05) is 0 Å². The molecule has 0 radical (unpaired) electrons. The summed E-state index contributed by atoms with van der Waals surface area (Å²) < 4.78 is 1.92. The monoisotopic (exact) mass is 258 g/mol. The highest BCUT2D eigenvalue weighted by molar-refractivity contribution is 5.72. The molecule has 5 heteroatoms. The summed E-state index contributed by atoms with van der Waals surface area (Å²) in [5, 5.41) is 16.7. The largest absolute Gasteiger partial charge is 0.396 e. The van der Waals surface area contributed by atoms with Crippen molar-refractivity contribution in [1.29, 1.82) is 0 Å². The van der Waals surface area contributed by atoms with Crippen molar-refractivity contribution in [3.8, 4) is 11.1 Å². The number of aromatic nitrogens is 3. The fourth-order valence-corrected chi connectivity index (χ4v) is 2.51. The van der Waals surface area contributed by atoms with Gasteiger partial charge in [0.25, 0.3) is 0 Å². The second-order valence-corrected chi connectivity index (χ2v) is 4.93. The summed E-state index contributed by atoms with van der Waals surface area (Å²) in [6, 6.07) is 2.26. The zero-order valence-corrected chi connectivity index (χ0v) is 11.0. The van der Waals surface area contributed by atoms with Crippen LogP contribution in [0.4, 0.5) is 5.82 Å². The van der Waals surface area contributed by atoms with Crippen molar-refractivity contribution in [2.75, 3.05) is 18.5 Å². The highest BCUT2D eigenvalue weighted by Crippen LogP contribution is 2.31. The molecule has 0 aromatic carbocycles. The number of hydrogen-bond acceptors (Lipinski definition) is 4. The number of fused-ring (bicyclic) bond motifs is 1. The van der Waals surface area contributed by atoms with E-state index >= 15 is 0 Å². The lowest BCUT2D eigenvalue weighted by Gasteiger charge is -2.09. The summed E-state index contributed by atoms with van der Waals surface area (Å²) in [6.07, 6.45) is 7.50. The van der Waals surface area contributed by atoms with Crippen LogP contribution < -0.4 is 5.32 Å². The Morgan fingerprint density at radius 2 is 2.42 bits per heavy atom. The van der Waals surface area contributed by atoms with Crippen molar-refractivity contribution < 1.29 is 5.11 Å². The van der Waals surface area contributed by atoms with Crippen molar-refractivity contribution in [1.82, 2.24) is 14.8 Å². The molecular formula is C14H18N4O. The van der Waals surface area contributed by atoms with Gasteiger partial charge in [0.15, 0.2) is 0 Å². The van der Waals surface area contributed by atoms with E-state index in [2.05, 4.69) is 22.3 Å². The van der Waals surface area contributed by atoms with E-state index in [0.29, 0.717) is 0 Å². The zero-order valence-electron chi connectivity index (χ0n) is 11.0. The summed E-state index contributed by atoms with van der Waals surface area (Å²) in [5.41, 5.74) is 3.60. The van der Waals surface area contributed by atoms with Crippen molar-refractivity contribution in [3.05, 3.63) is 30.2 Å². The first-order valence-corrected chi connectivity index (χ1v) is 6.66. The fraction of sp³-hybridized carbons (Fsp3) is 0.429. The zero-order chi connectivity index (χ0) is 13.2. The maximum atomic E-state index is 8.99. The Bertz CT molecular complexity index is 579. The van der Waals surface area contributed by atoms with E-state index in [9.17, 15) is 0 Å². The van der Waals surface area contributed by atoms with Gasteiger partial charge in [0, 0.05) is 36.7 Å². The number of nitrogens with zero attached hydrogens (tertiary/aromatic N) is 3. The molecule has 5 nitrogen and oxygen atoms in total. The predicted molar refractivity (Wildman–Crippen MR) is 74.1 cm³/mol. The minimum absolute atomic E-state index is 0.185. The average molecular weight is 258 g/mol. The highest BCUT2D eigenvalue weighted by Gasteiger charge is 2.17. The molecule has 1 aliphatic heterocycles. The van der Waals surface area contributed by atoms with E-state index in [1.165, 1.54) is 11.1 Å². The molecule has 19 heavy (non-hydrogen) atoms. The van der Waals surface area contributed by atoms with Gasteiger partial charge in [-0.05, 0) is 31.4 Å². The molecule has 2 aromatic heterocycles. The van der Waals surface area contributed by atoms with Gasteiger partial charge in [0.2, 0.25) is 0 Å². The van der Waals surface area contributed by atoms with E-state index in [1.807, 2.05) is 29.3 Å². The number of anilines is 1. The third kappa shape index (κ3) is 2.21. The number of nitrogens with one attached hydrogen (secondary N) is 1. The van der Waals surface area contributed by atoms with Crippen LogP contribution in [0.3, 0.4) is 0 Å². The summed E-state index contributed by atoms with van der Waals surface area (Å²) in [6.45, 7) is 3.20. The molecule has 1 atom stereocenters. The number of aliphatic hydroxyl groups excluding tert-OH is 1. The molecule has 0 saturated heterocycles. The summed E-state index contributed by atoms with van der Waals surface area (Å²) in [7, 11) is 0. The fourth-order valence-electron chi connectivity index (χ4n) is 2.51. The van der Waals surface area contributed by atoms with E-state index < -0.39 is 0 Å². The molecular weight excluding hydrogens is 240 g/mol. The molecule has 1 aliphatic rings. The molecule has 2 N–H and O–H groups in total. The Morgan fingerprint density at radius 1 is 1.53 bits per heavy atom. The van der Waals surface area contributed by atoms with Crippen molar-refractivity contribution >= 4 is 5.82 Å². The smallest absolute Gasteiger partial charge is 0.129 e. The molecule has 0 spiro atoms. The predicted octanol–water partition coefficient (Wildman–Crippen LogP) is 1.86. The third-order valence-corrected chi connectivity index (χ3v) is 3.63. The van der Waals surface area contributed by atoms with Crippen LogP contribution in [0, 0.1) is 0 Å². The van der Waals surface area contributed by atoms with E-state index in [-0.39, 0.29) is 12.6 Å². The van der Waals surface area contributed by atoms with E-state index in [4.69, 9.17) is 5.11 Å². The lowest BCUT2D eigenvalue weighted by Crippen LogP contribution is -2.07. The molecule has 0 bridgehead atoms. The van der Waals surface area contributed by atoms with Crippen LogP contribution in [0.25, 0.3) is 11.1 Å². The van der Waals surface area contributed by atoms with Crippen LogP contribution in [0.15, 0.2) is 24.7 Å². The SMILES string of the molecule is CC(CCO)n1cc(-c2ccnc3c2CCN3)cn1. The van der Waals surface area contributed by atoms with Gasteiger partial charge < -0.3 is 10.4 Å². The molecule has 1 unspecified atom stereocenters. The first-order chi connectivity index (χ1) is 9.29. The van der Waals surface area contributed by atoms with Gasteiger partial charge in [0.1, 0.15) is 5.82 Å². The first-order valence-electron chi connectivity index (χ1n) is 6.66. The summed E-state index contributed by atoms with van der Waals surface area (Å²) >= 11 is 0. The summed E-state index contributed by atoms with van der Waals surface area (Å²) in [5.74, 6) is 0.994. The van der Waals surface area contributed by atoms with Gasteiger partial charge in [-0.2, -0.15) is 5.10 Å². The van der Waals surface area contributed by atoms with E-state index in [1.54, 1.807) is 0 Å². The molecule has 100 valence electrons. The number of aliphatic hydroxyl groups is 1. The van der Waals surface area contributed by atoms with Gasteiger partial charge in [-0.3, -0.25) is 4.68 Å². The Labute approximate surface area is 112 Å². The second-order valence-electron chi connectivity index (χ2n) is 4.93. The number of rotatable bonds is 4. The lowest BCUT2D eigenvalue weighted by atomic mass is 10.0. The average Bonchev–Trinajstić information content (AvgIpc) is 3.07. The van der Waals surface area contributed by atoms with E-state index in [0.717, 1.165) is 30.8 Å². The van der Waals surface area contributed by atoms with Crippen LogP contribution in [0.5, 0.6) is 0 Å². The Morgan fingerprint density at radius 3 is 3.26 bits per heavy atom. The number of pyridine rings is 1. The van der Waals surface area contributed by atoms with Crippen LogP contribution in [-0.2, 0) is 6.42 Å².